The predicted molar refractivity (Wildman–Crippen MR) is 95.9 cm³/mol. The van der Waals surface area contributed by atoms with Gasteiger partial charge < -0.3 is 9.84 Å². The smallest absolute Gasteiger partial charge is 0.322 e. The molecule has 1 saturated heterocycles. The van der Waals surface area contributed by atoms with Crippen molar-refractivity contribution in [2.75, 3.05) is 18.4 Å². The van der Waals surface area contributed by atoms with Crippen LogP contribution in [0.3, 0.4) is 0 Å². The van der Waals surface area contributed by atoms with Crippen molar-refractivity contribution in [2.45, 2.75) is 25.4 Å². The van der Waals surface area contributed by atoms with Crippen molar-refractivity contribution in [1.29, 1.82) is 0 Å². The molecule has 3 aromatic rings. The molecule has 0 radical (unpaired) electrons. The van der Waals surface area contributed by atoms with Crippen molar-refractivity contribution in [3.63, 3.8) is 0 Å². The Morgan fingerprint density at radius 3 is 2.92 bits per heavy atom. The molecule has 1 atom stereocenters. The zero-order valence-corrected chi connectivity index (χ0v) is 14.0. The van der Waals surface area contributed by atoms with E-state index in [-0.39, 0.29) is 0 Å². The number of rotatable bonds is 5. The van der Waals surface area contributed by atoms with Crippen molar-refractivity contribution in [3.05, 3.63) is 60.4 Å². The minimum absolute atomic E-state index is 0.314. The summed E-state index contributed by atoms with van der Waals surface area (Å²) in [5.41, 5.74) is 2.20. The summed E-state index contributed by atoms with van der Waals surface area (Å²) >= 11 is 0. The first-order valence-corrected chi connectivity index (χ1v) is 8.64. The van der Waals surface area contributed by atoms with Gasteiger partial charge in [-0.2, -0.15) is 4.98 Å². The van der Waals surface area contributed by atoms with Crippen LogP contribution in [0, 0.1) is 0 Å². The molecule has 0 aliphatic carbocycles. The maximum Gasteiger partial charge on any atom is 0.322 e. The molecule has 128 valence electrons. The molecule has 2 aromatic heterocycles. The number of likely N-dealkylation sites (tertiary alicyclic amines) is 1. The van der Waals surface area contributed by atoms with Crippen LogP contribution in [0.1, 0.15) is 18.4 Å². The average molecular weight is 335 g/mol. The molecular weight excluding hydrogens is 314 g/mol. The molecule has 1 aliphatic rings. The molecule has 1 N–H and O–H groups in total. The zero-order chi connectivity index (χ0) is 16.9. The zero-order valence-electron chi connectivity index (χ0n) is 14.0. The van der Waals surface area contributed by atoms with Crippen LogP contribution in [0.15, 0.2) is 59.4 Å². The number of anilines is 1. The van der Waals surface area contributed by atoms with Gasteiger partial charge in [-0.1, -0.05) is 41.6 Å². The van der Waals surface area contributed by atoms with Crippen LogP contribution in [0.5, 0.6) is 0 Å². The maximum absolute atomic E-state index is 5.37. The van der Waals surface area contributed by atoms with Crippen LogP contribution in [0.2, 0.25) is 0 Å². The molecule has 3 heterocycles. The van der Waals surface area contributed by atoms with E-state index in [0.29, 0.717) is 17.9 Å². The van der Waals surface area contributed by atoms with Crippen LogP contribution in [-0.4, -0.2) is 39.2 Å². The highest BCUT2D eigenvalue weighted by molar-refractivity contribution is 5.54. The molecule has 0 spiro atoms. The highest BCUT2D eigenvalue weighted by atomic mass is 16.5. The lowest BCUT2D eigenvalue weighted by atomic mass is 10.1. The Morgan fingerprint density at radius 1 is 1.16 bits per heavy atom. The molecule has 25 heavy (non-hydrogen) atoms. The number of piperidine rings is 1. The summed E-state index contributed by atoms with van der Waals surface area (Å²) in [6.07, 6.45) is 6.00. The van der Waals surface area contributed by atoms with E-state index in [2.05, 4.69) is 31.4 Å². The number of benzene rings is 1. The highest BCUT2D eigenvalue weighted by Gasteiger charge is 2.21. The molecule has 0 amide bonds. The van der Waals surface area contributed by atoms with Crippen molar-refractivity contribution in [1.82, 2.24) is 20.0 Å². The minimum Gasteiger partial charge on any atom is -0.334 e. The topological polar surface area (TPSA) is 67.1 Å². The van der Waals surface area contributed by atoms with E-state index < -0.39 is 0 Å². The first kappa shape index (κ1) is 15.8. The minimum atomic E-state index is 0.314. The summed E-state index contributed by atoms with van der Waals surface area (Å²) in [4.78, 5) is 11.1. The Kier molecular flexibility index (Phi) is 4.70. The van der Waals surface area contributed by atoms with E-state index in [1.54, 1.807) is 0 Å². The Bertz CT molecular complexity index is 790. The van der Waals surface area contributed by atoms with Crippen LogP contribution >= 0.6 is 0 Å². The molecule has 0 saturated carbocycles. The third-order valence-electron chi connectivity index (χ3n) is 4.42. The molecule has 6 heteroatoms. The Morgan fingerprint density at radius 2 is 2.08 bits per heavy atom. The van der Waals surface area contributed by atoms with Crippen LogP contribution in [0.4, 0.5) is 6.01 Å². The first-order valence-electron chi connectivity index (χ1n) is 8.64. The summed E-state index contributed by atoms with van der Waals surface area (Å²) in [5.74, 6) is 0.617. The van der Waals surface area contributed by atoms with Gasteiger partial charge in [0.1, 0.15) is 0 Å². The van der Waals surface area contributed by atoms with Gasteiger partial charge in [-0.3, -0.25) is 9.88 Å². The lowest BCUT2D eigenvalue weighted by Crippen LogP contribution is -2.41. The standard InChI is InChI=1S/C19H21N5O/c1-2-7-16(8-3-1)18-22-19(25-23-18)21-17-9-5-11-24(14-17)13-15-6-4-10-20-12-15/h1-4,6-8,10,12,17H,5,9,11,13-14H2,(H,21,22,23)/t17-/m1/s1. The van der Waals surface area contributed by atoms with E-state index in [9.17, 15) is 0 Å². The van der Waals surface area contributed by atoms with Crippen LogP contribution < -0.4 is 5.32 Å². The number of hydrogen-bond acceptors (Lipinski definition) is 6. The van der Waals surface area contributed by atoms with Gasteiger partial charge in [0.05, 0.1) is 0 Å². The van der Waals surface area contributed by atoms with Gasteiger partial charge in [0, 0.05) is 37.1 Å². The van der Waals surface area contributed by atoms with Gasteiger partial charge in [-0.15, -0.1) is 0 Å². The molecule has 6 nitrogen and oxygen atoms in total. The summed E-state index contributed by atoms with van der Waals surface area (Å²) in [6, 6.07) is 14.8. The van der Waals surface area contributed by atoms with Gasteiger partial charge >= 0.3 is 6.01 Å². The monoisotopic (exact) mass is 335 g/mol. The Hall–Kier alpha value is -2.73. The fourth-order valence-corrected chi connectivity index (χ4v) is 3.23. The summed E-state index contributed by atoms with van der Waals surface area (Å²) in [6.45, 7) is 2.98. The molecular formula is C19H21N5O. The second-order valence-corrected chi connectivity index (χ2v) is 6.37. The summed E-state index contributed by atoms with van der Waals surface area (Å²) in [7, 11) is 0. The van der Waals surface area contributed by atoms with Crippen molar-refractivity contribution in [3.8, 4) is 11.4 Å². The van der Waals surface area contributed by atoms with E-state index in [1.165, 1.54) is 5.56 Å². The van der Waals surface area contributed by atoms with Gasteiger partial charge in [0.25, 0.3) is 0 Å². The number of nitrogens with one attached hydrogen (secondary N) is 1. The SMILES string of the molecule is c1ccc(-c2noc(N[C@@H]3CCCN(Cc4cccnc4)C3)n2)cc1. The predicted octanol–water partition coefficient (Wildman–Crippen LogP) is 3.21. The molecule has 4 rings (SSSR count). The third kappa shape index (κ3) is 4.03. The van der Waals surface area contributed by atoms with Crippen molar-refractivity contribution in [2.24, 2.45) is 0 Å². The lowest BCUT2D eigenvalue weighted by molar-refractivity contribution is 0.206. The first-order chi connectivity index (χ1) is 12.4. The normalized spacial score (nSPS) is 18.2. The van der Waals surface area contributed by atoms with Crippen LogP contribution in [0.25, 0.3) is 11.4 Å². The number of pyridine rings is 1. The third-order valence-corrected chi connectivity index (χ3v) is 4.42. The fraction of sp³-hybridized carbons (Fsp3) is 0.316. The summed E-state index contributed by atoms with van der Waals surface area (Å²) in [5, 5.41) is 7.46. The fourth-order valence-electron chi connectivity index (χ4n) is 3.23. The molecule has 0 unspecified atom stereocenters. The Labute approximate surface area is 146 Å². The molecule has 0 bridgehead atoms. The van der Waals surface area contributed by atoms with Gasteiger partial charge in [-0.25, -0.2) is 0 Å². The summed E-state index contributed by atoms with van der Waals surface area (Å²) < 4.78 is 5.37. The van der Waals surface area contributed by atoms with Gasteiger partial charge in [-0.05, 0) is 31.0 Å². The lowest BCUT2D eigenvalue weighted by Gasteiger charge is -2.32. The van der Waals surface area contributed by atoms with Crippen LogP contribution in [-0.2, 0) is 6.54 Å². The Balaban J connectivity index is 1.37. The van der Waals surface area contributed by atoms with E-state index >= 15 is 0 Å². The second-order valence-electron chi connectivity index (χ2n) is 6.37. The number of nitrogens with zero attached hydrogens (tertiary/aromatic N) is 4. The van der Waals surface area contributed by atoms with Gasteiger partial charge in [0.2, 0.25) is 5.82 Å². The second kappa shape index (κ2) is 7.44. The van der Waals surface area contributed by atoms with Crippen molar-refractivity contribution < 1.29 is 4.52 Å². The quantitative estimate of drug-likeness (QED) is 0.772. The average Bonchev–Trinajstić information content (AvgIpc) is 3.12. The van der Waals surface area contributed by atoms with Gasteiger partial charge in [0.15, 0.2) is 0 Å². The number of hydrogen-bond donors (Lipinski definition) is 1. The molecule has 1 fully saturated rings. The molecule has 1 aromatic carbocycles. The van der Waals surface area contributed by atoms with E-state index in [4.69, 9.17) is 4.52 Å². The van der Waals surface area contributed by atoms with E-state index in [0.717, 1.165) is 38.0 Å². The van der Waals surface area contributed by atoms with E-state index in [1.807, 2.05) is 48.8 Å². The highest BCUT2D eigenvalue weighted by Crippen LogP contribution is 2.20. The van der Waals surface area contributed by atoms with Crippen molar-refractivity contribution >= 4 is 6.01 Å². The molecule has 1 aliphatic heterocycles. The largest absolute Gasteiger partial charge is 0.334 e. The maximum atomic E-state index is 5.37. The number of aromatic nitrogens is 3.